The van der Waals surface area contributed by atoms with Gasteiger partial charge in [0.1, 0.15) is 11.4 Å². The highest BCUT2D eigenvalue weighted by molar-refractivity contribution is 5.93. The van der Waals surface area contributed by atoms with Crippen molar-refractivity contribution in [3.63, 3.8) is 0 Å². The molecule has 0 bridgehead atoms. The molecule has 4 heterocycles. The van der Waals surface area contributed by atoms with Crippen LogP contribution in [0.15, 0.2) is 53.7 Å². The molecule has 0 aliphatic carbocycles. The summed E-state index contributed by atoms with van der Waals surface area (Å²) in [6.45, 7) is 4.79. The number of carbonyl (C=O) groups is 1. The number of benzene rings is 1. The van der Waals surface area contributed by atoms with Gasteiger partial charge in [-0.15, -0.1) is 0 Å². The zero-order valence-electron chi connectivity index (χ0n) is 19.4. The molecular weight excluding hydrogens is 461 g/mol. The Kier molecular flexibility index (Phi) is 5.58. The first kappa shape index (κ1) is 23.3. The van der Waals surface area contributed by atoms with Gasteiger partial charge < -0.3 is 18.8 Å². The summed E-state index contributed by atoms with van der Waals surface area (Å²) in [6.07, 6.45) is -0.00362. The molecule has 184 valence electrons. The maximum atomic E-state index is 13.2. The van der Waals surface area contributed by atoms with Gasteiger partial charge >= 0.3 is 6.18 Å². The molecule has 1 amide bonds. The highest BCUT2D eigenvalue weighted by Crippen LogP contribution is 2.40. The Morgan fingerprint density at radius 2 is 1.86 bits per heavy atom. The minimum atomic E-state index is -4.39. The Balaban J connectivity index is 1.29. The lowest BCUT2D eigenvalue weighted by Gasteiger charge is -2.32. The van der Waals surface area contributed by atoms with Crippen LogP contribution in [0.4, 0.5) is 13.2 Å². The van der Waals surface area contributed by atoms with Gasteiger partial charge in [-0.3, -0.25) is 9.59 Å². The maximum absolute atomic E-state index is 13.2. The number of alkyl halides is 3. The van der Waals surface area contributed by atoms with Crippen molar-refractivity contribution in [2.45, 2.75) is 51.1 Å². The van der Waals surface area contributed by atoms with Crippen LogP contribution < -0.4 is 5.56 Å². The molecule has 5 rings (SSSR count). The predicted molar refractivity (Wildman–Crippen MR) is 121 cm³/mol. The molecule has 0 spiro atoms. The normalized spacial score (nSPS) is 22.5. The highest BCUT2D eigenvalue weighted by atomic mass is 19.4. The number of amides is 1. The third kappa shape index (κ3) is 4.27. The number of nitrogens with zero attached hydrogens (tertiary/aromatic N) is 4. The van der Waals surface area contributed by atoms with Crippen molar-refractivity contribution in [1.82, 2.24) is 19.0 Å². The monoisotopic (exact) mass is 486 g/mol. The number of imidazole rings is 1. The molecule has 1 saturated heterocycles. The summed E-state index contributed by atoms with van der Waals surface area (Å²) >= 11 is 0. The van der Waals surface area contributed by atoms with Crippen LogP contribution in [0.3, 0.4) is 0 Å². The first-order valence-corrected chi connectivity index (χ1v) is 11.4. The number of ether oxygens (including phenoxy) is 1. The van der Waals surface area contributed by atoms with E-state index >= 15 is 0 Å². The van der Waals surface area contributed by atoms with Gasteiger partial charge in [0.15, 0.2) is 0 Å². The molecule has 1 fully saturated rings. The molecule has 3 aromatic rings. The summed E-state index contributed by atoms with van der Waals surface area (Å²) in [5.74, 6) is -0.242. The summed E-state index contributed by atoms with van der Waals surface area (Å²) < 4.78 is 48.1. The van der Waals surface area contributed by atoms with Gasteiger partial charge in [0.25, 0.3) is 11.5 Å². The van der Waals surface area contributed by atoms with Crippen LogP contribution in [-0.4, -0.2) is 44.1 Å². The summed E-state index contributed by atoms with van der Waals surface area (Å²) in [5.41, 5.74) is 0.553. The number of carbonyl (C=O) groups excluding carboxylic acids is 1. The molecular formula is C25H25F3N4O3. The Labute approximate surface area is 199 Å². The number of hydrogen-bond acceptors (Lipinski definition) is 4. The van der Waals surface area contributed by atoms with E-state index < -0.39 is 17.3 Å². The average Bonchev–Trinajstić information content (AvgIpc) is 3.42. The summed E-state index contributed by atoms with van der Waals surface area (Å²) in [7, 11) is 0. The summed E-state index contributed by atoms with van der Waals surface area (Å²) in [4.78, 5) is 32.0. The molecule has 2 aliphatic rings. The van der Waals surface area contributed by atoms with Crippen LogP contribution in [0.2, 0.25) is 0 Å². The Bertz CT molecular complexity index is 1330. The van der Waals surface area contributed by atoms with E-state index in [9.17, 15) is 22.8 Å². The number of rotatable bonds is 4. The minimum absolute atomic E-state index is 0.242. The number of hydrogen-bond donors (Lipinski definition) is 0. The molecule has 2 aliphatic heterocycles. The molecule has 10 heteroatoms. The van der Waals surface area contributed by atoms with Gasteiger partial charge in [0.2, 0.25) is 0 Å². The Morgan fingerprint density at radius 1 is 1.11 bits per heavy atom. The summed E-state index contributed by atoms with van der Waals surface area (Å²) in [5, 5.41) is 0. The van der Waals surface area contributed by atoms with Crippen molar-refractivity contribution in [3.05, 3.63) is 81.8 Å². The third-order valence-electron chi connectivity index (χ3n) is 6.86. The molecule has 2 atom stereocenters. The second-order valence-corrected chi connectivity index (χ2v) is 9.32. The molecule has 7 nitrogen and oxygen atoms in total. The standard InChI is InChI=1S/C25H25F3N4O3/c1-16-13-31(15-29-16)20-7-8-21-22(33)30(11-12-32(21)23(20)34)14-19-9-10-24(2,35-19)17-3-5-18(6-4-17)25(26,27)28/h3-8,13,15,19H,9-12,14H2,1-2H3/t19-,24+/m1/s1. The van der Waals surface area contributed by atoms with E-state index in [1.165, 1.54) is 16.7 Å². The number of aryl methyl sites for hydroxylation is 1. The van der Waals surface area contributed by atoms with Gasteiger partial charge in [-0.25, -0.2) is 4.98 Å². The zero-order valence-corrected chi connectivity index (χ0v) is 19.4. The molecule has 2 aromatic heterocycles. The minimum Gasteiger partial charge on any atom is -0.366 e. The average molecular weight is 486 g/mol. The molecule has 0 unspecified atom stereocenters. The van der Waals surface area contributed by atoms with Gasteiger partial charge in [0, 0.05) is 25.8 Å². The first-order chi connectivity index (χ1) is 16.5. The fraction of sp³-hybridized carbons (Fsp3) is 0.400. The molecule has 0 N–H and O–H groups in total. The van der Waals surface area contributed by atoms with E-state index in [4.69, 9.17) is 4.74 Å². The smallest absolute Gasteiger partial charge is 0.366 e. The van der Waals surface area contributed by atoms with Crippen molar-refractivity contribution >= 4 is 5.91 Å². The third-order valence-corrected chi connectivity index (χ3v) is 6.86. The molecule has 35 heavy (non-hydrogen) atoms. The first-order valence-electron chi connectivity index (χ1n) is 11.4. The number of halogens is 3. The van der Waals surface area contributed by atoms with E-state index in [0.717, 1.165) is 17.8 Å². The van der Waals surface area contributed by atoms with Crippen LogP contribution in [0, 0.1) is 6.92 Å². The second-order valence-electron chi connectivity index (χ2n) is 9.32. The van der Waals surface area contributed by atoms with E-state index in [-0.39, 0.29) is 17.6 Å². The quantitative estimate of drug-likeness (QED) is 0.561. The van der Waals surface area contributed by atoms with Gasteiger partial charge in [0.05, 0.1) is 29.3 Å². The topological polar surface area (TPSA) is 69.4 Å². The van der Waals surface area contributed by atoms with E-state index in [1.54, 1.807) is 34.1 Å². The number of aromatic nitrogens is 3. The van der Waals surface area contributed by atoms with Gasteiger partial charge in [-0.2, -0.15) is 13.2 Å². The molecule has 1 aromatic carbocycles. The lowest BCUT2D eigenvalue weighted by atomic mass is 9.92. The zero-order chi connectivity index (χ0) is 25.0. The van der Waals surface area contributed by atoms with Crippen molar-refractivity contribution in [1.29, 1.82) is 0 Å². The van der Waals surface area contributed by atoms with Crippen molar-refractivity contribution in [2.75, 3.05) is 13.1 Å². The van der Waals surface area contributed by atoms with E-state index in [0.29, 0.717) is 49.4 Å². The number of fused-ring (bicyclic) bond motifs is 1. The largest absolute Gasteiger partial charge is 0.416 e. The van der Waals surface area contributed by atoms with Crippen molar-refractivity contribution < 1.29 is 22.7 Å². The van der Waals surface area contributed by atoms with Crippen LogP contribution in [0.5, 0.6) is 0 Å². The fourth-order valence-electron chi connectivity index (χ4n) is 4.90. The Hall–Kier alpha value is -3.40. The maximum Gasteiger partial charge on any atom is 0.416 e. The SMILES string of the molecule is Cc1cn(-c2ccc3n(c2=O)CCN(C[C@H]2CC[C@@](C)(c4ccc(C(F)(F)F)cc4)O2)C3=O)cn1. The van der Waals surface area contributed by atoms with Gasteiger partial charge in [-0.05, 0) is 56.5 Å². The highest BCUT2D eigenvalue weighted by Gasteiger charge is 2.40. The van der Waals surface area contributed by atoms with Crippen LogP contribution in [0.1, 0.15) is 47.1 Å². The second kappa shape index (κ2) is 8.37. The lowest BCUT2D eigenvalue weighted by molar-refractivity contribution is -0.137. The predicted octanol–water partition coefficient (Wildman–Crippen LogP) is 3.91. The van der Waals surface area contributed by atoms with Crippen molar-refractivity contribution in [3.8, 4) is 5.69 Å². The van der Waals surface area contributed by atoms with Crippen LogP contribution in [0.25, 0.3) is 5.69 Å². The van der Waals surface area contributed by atoms with Crippen molar-refractivity contribution in [2.24, 2.45) is 0 Å². The Morgan fingerprint density at radius 3 is 2.51 bits per heavy atom. The summed E-state index contributed by atoms with van der Waals surface area (Å²) in [6, 6.07) is 8.34. The van der Waals surface area contributed by atoms with E-state index in [1.807, 2.05) is 13.8 Å². The van der Waals surface area contributed by atoms with Gasteiger partial charge in [-0.1, -0.05) is 12.1 Å². The lowest BCUT2D eigenvalue weighted by Crippen LogP contribution is -2.47. The molecule has 0 saturated carbocycles. The molecule has 0 radical (unpaired) electrons. The van der Waals surface area contributed by atoms with Crippen LogP contribution >= 0.6 is 0 Å². The van der Waals surface area contributed by atoms with E-state index in [2.05, 4.69) is 4.98 Å². The van der Waals surface area contributed by atoms with Crippen LogP contribution in [-0.2, 0) is 23.1 Å². The fourth-order valence-corrected chi connectivity index (χ4v) is 4.90. The number of pyridine rings is 1.